The monoisotopic (exact) mass is 208 g/mol. The van der Waals surface area contributed by atoms with Gasteiger partial charge in [-0.15, -0.1) is 0 Å². The number of halogens is 3. The Kier molecular flexibility index (Phi) is 2.68. The third-order valence-electron chi connectivity index (χ3n) is 1.55. The highest BCUT2D eigenvalue weighted by molar-refractivity contribution is 6.24. The van der Waals surface area contributed by atoms with Crippen LogP contribution in [0.5, 0.6) is 0 Å². The third-order valence-corrected chi connectivity index (χ3v) is 1.81. The molecule has 0 radical (unpaired) electrons. The second kappa shape index (κ2) is 3.43. The summed E-state index contributed by atoms with van der Waals surface area (Å²) in [6.45, 7) is 0. The van der Waals surface area contributed by atoms with Gasteiger partial charge in [0.25, 0.3) is 5.91 Å². The van der Waals surface area contributed by atoms with E-state index in [9.17, 15) is 13.6 Å². The van der Waals surface area contributed by atoms with Gasteiger partial charge in [0, 0.05) is 0 Å². The second-order valence-corrected chi connectivity index (χ2v) is 3.19. The van der Waals surface area contributed by atoms with Crippen LogP contribution in [0.2, 0.25) is 0 Å². The van der Waals surface area contributed by atoms with Crippen molar-refractivity contribution in [3.63, 3.8) is 0 Å². The van der Waals surface area contributed by atoms with Crippen molar-refractivity contribution >= 4 is 17.5 Å². The van der Waals surface area contributed by atoms with E-state index in [2.05, 4.69) is 0 Å². The van der Waals surface area contributed by atoms with Gasteiger partial charge in [0.05, 0.1) is 12.0 Å². The van der Waals surface area contributed by atoms with Crippen LogP contribution in [0.3, 0.4) is 0 Å². The normalized spacial score (nSPS) is 27.7. The van der Waals surface area contributed by atoms with Gasteiger partial charge in [-0.05, 0) is 12.2 Å². The Morgan fingerprint density at radius 3 is 2.85 bits per heavy atom. The molecule has 1 aliphatic rings. The number of alkyl halides is 2. The topological polar surface area (TPSA) is 55.1 Å². The molecule has 0 fully saturated rings. The molecule has 0 aromatic rings. The van der Waals surface area contributed by atoms with E-state index < -0.39 is 23.3 Å². The van der Waals surface area contributed by atoms with E-state index in [1.165, 1.54) is 0 Å². The van der Waals surface area contributed by atoms with Crippen LogP contribution >= 0.6 is 11.6 Å². The molecule has 0 bridgehead atoms. The Hall–Kier alpha value is -0.940. The van der Waals surface area contributed by atoms with E-state index in [1.54, 1.807) is 5.43 Å². The van der Waals surface area contributed by atoms with Crippen molar-refractivity contribution in [3.05, 3.63) is 23.6 Å². The number of carbonyl (C=O) groups is 1. The van der Waals surface area contributed by atoms with E-state index in [-0.39, 0.29) is 5.57 Å². The molecule has 0 aliphatic heterocycles. The summed E-state index contributed by atoms with van der Waals surface area (Å²) in [6, 6.07) is 0. The van der Waals surface area contributed by atoms with Crippen LogP contribution in [-0.2, 0) is 4.79 Å². The Balaban J connectivity index is 2.91. The van der Waals surface area contributed by atoms with Gasteiger partial charge in [0.1, 0.15) is 5.83 Å². The van der Waals surface area contributed by atoms with E-state index >= 15 is 0 Å². The van der Waals surface area contributed by atoms with Gasteiger partial charge in [-0.3, -0.25) is 10.2 Å². The second-order valence-electron chi connectivity index (χ2n) is 2.56. The summed E-state index contributed by atoms with van der Waals surface area (Å²) in [6.07, 6.45) is 1.21. The molecule has 1 aliphatic carbocycles. The fourth-order valence-corrected chi connectivity index (χ4v) is 1.11. The predicted molar refractivity (Wildman–Crippen MR) is 43.9 cm³/mol. The highest BCUT2D eigenvalue weighted by Gasteiger charge is 2.31. The van der Waals surface area contributed by atoms with Crippen LogP contribution in [0.25, 0.3) is 0 Å². The minimum absolute atomic E-state index is 0.295. The molecule has 0 saturated heterocycles. The largest absolute Gasteiger partial charge is 0.290 e. The standard InChI is InChI=1S/C7H7ClF2N2O/c8-7(10)2-1-4(5(9)3-7)6(13)12-11/h1-2H,3,11H2,(H,12,13). The summed E-state index contributed by atoms with van der Waals surface area (Å²) in [5.41, 5.74) is 1.44. The predicted octanol–water partition coefficient (Wildman–Crippen LogP) is 1.06. The number of carbonyl (C=O) groups excluding carboxylic acids is 1. The average molecular weight is 209 g/mol. The minimum atomic E-state index is -2.25. The van der Waals surface area contributed by atoms with Gasteiger partial charge in [-0.1, -0.05) is 11.6 Å². The smallest absolute Gasteiger partial charge is 0.267 e. The number of amides is 1. The van der Waals surface area contributed by atoms with Crippen molar-refractivity contribution < 1.29 is 13.6 Å². The zero-order valence-electron chi connectivity index (χ0n) is 6.48. The molecule has 72 valence electrons. The Morgan fingerprint density at radius 1 is 1.77 bits per heavy atom. The number of rotatable bonds is 1. The SMILES string of the molecule is NNC(=O)C1=C(F)CC(F)(Cl)C=C1. The van der Waals surface area contributed by atoms with Crippen molar-refractivity contribution in [2.45, 2.75) is 11.5 Å². The van der Waals surface area contributed by atoms with E-state index in [0.29, 0.717) is 0 Å². The fraction of sp³-hybridized carbons (Fsp3) is 0.286. The molecule has 1 atom stereocenters. The first kappa shape index (κ1) is 10.1. The summed E-state index contributed by atoms with van der Waals surface area (Å²) >= 11 is 5.19. The molecule has 1 unspecified atom stereocenters. The van der Waals surface area contributed by atoms with E-state index in [0.717, 1.165) is 12.2 Å². The first-order valence-corrected chi connectivity index (χ1v) is 3.81. The Bertz CT molecular complexity index is 299. The van der Waals surface area contributed by atoms with Gasteiger partial charge in [0.2, 0.25) is 5.13 Å². The first-order chi connectivity index (χ1) is 5.96. The highest BCUT2D eigenvalue weighted by Crippen LogP contribution is 2.34. The van der Waals surface area contributed by atoms with Gasteiger partial charge in [-0.2, -0.15) is 0 Å². The Morgan fingerprint density at radius 2 is 2.38 bits per heavy atom. The number of nitrogens with one attached hydrogen (secondary N) is 1. The van der Waals surface area contributed by atoms with Gasteiger partial charge < -0.3 is 0 Å². The lowest BCUT2D eigenvalue weighted by Crippen LogP contribution is -2.32. The molecule has 0 saturated carbocycles. The molecule has 0 spiro atoms. The van der Waals surface area contributed by atoms with E-state index in [4.69, 9.17) is 17.4 Å². The molecule has 0 aromatic carbocycles. The maximum Gasteiger partial charge on any atom is 0.267 e. The summed E-state index contributed by atoms with van der Waals surface area (Å²) < 4.78 is 25.9. The summed E-state index contributed by atoms with van der Waals surface area (Å²) in [5, 5.41) is -2.25. The van der Waals surface area contributed by atoms with Crippen molar-refractivity contribution in [3.8, 4) is 0 Å². The fourth-order valence-electron chi connectivity index (χ4n) is 0.933. The molecule has 6 heteroatoms. The van der Waals surface area contributed by atoms with Crippen LogP contribution in [0.4, 0.5) is 8.78 Å². The van der Waals surface area contributed by atoms with Crippen LogP contribution in [0, 0.1) is 0 Å². The lowest BCUT2D eigenvalue weighted by Gasteiger charge is -2.17. The zero-order chi connectivity index (χ0) is 10.1. The number of hydrogen-bond acceptors (Lipinski definition) is 2. The highest BCUT2D eigenvalue weighted by atomic mass is 35.5. The molecule has 0 aromatic heterocycles. The van der Waals surface area contributed by atoms with Crippen LogP contribution in [-0.4, -0.2) is 11.0 Å². The first-order valence-electron chi connectivity index (χ1n) is 3.43. The quantitative estimate of drug-likeness (QED) is 0.293. The molecule has 3 nitrogen and oxygen atoms in total. The lowest BCUT2D eigenvalue weighted by atomic mass is 10.0. The summed E-state index contributed by atoms with van der Waals surface area (Å²) in [4.78, 5) is 10.8. The molecule has 0 heterocycles. The van der Waals surface area contributed by atoms with Crippen molar-refractivity contribution in [1.82, 2.24) is 5.43 Å². The number of allylic oxidation sites excluding steroid dienone is 2. The minimum Gasteiger partial charge on any atom is -0.290 e. The van der Waals surface area contributed by atoms with E-state index in [1.807, 2.05) is 0 Å². The van der Waals surface area contributed by atoms with Crippen LogP contribution in [0.15, 0.2) is 23.6 Å². The van der Waals surface area contributed by atoms with Gasteiger partial charge in [-0.25, -0.2) is 14.6 Å². The molecular formula is C7H7ClF2N2O. The van der Waals surface area contributed by atoms with Crippen LogP contribution < -0.4 is 11.3 Å². The molecule has 3 N–H and O–H groups in total. The molecule has 13 heavy (non-hydrogen) atoms. The maximum absolute atomic E-state index is 13.0. The van der Waals surface area contributed by atoms with Crippen molar-refractivity contribution in [1.29, 1.82) is 0 Å². The third kappa shape index (κ3) is 2.26. The molecule has 1 amide bonds. The lowest BCUT2D eigenvalue weighted by molar-refractivity contribution is -0.117. The molecule has 1 rings (SSSR count). The van der Waals surface area contributed by atoms with Crippen molar-refractivity contribution in [2.24, 2.45) is 5.84 Å². The summed E-state index contributed by atoms with van der Waals surface area (Å²) in [7, 11) is 0. The summed E-state index contributed by atoms with van der Waals surface area (Å²) in [5.74, 6) is 3.05. The number of hydrogen-bond donors (Lipinski definition) is 2. The van der Waals surface area contributed by atoms with Gasteiger partial charge >= 0.3 is 0 Å². The number of hydrazine groups is 1. The van der Waals surface area contributed by atoms with Gasteiger partial charge in [0.15, 0.2) is 0 Å². The Labute approximate surface area is 78.2 Å². The average Bonchev–Trinajstić information content (AvgIpc) is 2.01. The zero-order valence-corrected chi connectivity index (χ0v) is 7.24. The maximum atomic E-state index is 13.0. The van der Waals surface area contributed by atoms with Crippen LogP contribution in [0.1, 0.15) is 6.42 Å². The number of nitrogens with two attached hydrogens (primary N) is 1. The molecular weight excluding hydrogens is 202 g/mol. The van der Waals surface area contributed by atoms with Crippen molar-refractivity contribution in [2.75, 3.05) is 0 Å².